The van der Waals surface area contributed by atoms with Gasteiger partial charge in [0, 0.05) is 32.2 Å². The summed E-state index contributed by atoms with van der Waals surface area (Å²) in [7, 11) is 0. The minimum atomic E-state index is -0.229. The largest absolute Gasteiger partial charge is 0.390 e. The van der Waals surface area contributed by atoms with Crippen molar-refractivity contribution in [1.29, 1.82) is 0 Å². The van der Waals surface area contributed by atoms with Gasteiger partial charge in [-0.15, -0.1) is 0 Å². The van der Waals surface area contributed by atoms with Gasteiger partial charge >= 0.3 is 0 Å². The van der Waals surface area contributed by atoms with Gasteiger partial charge in [0.05, 0.1) is 6.10 Å². The van der Waals surface area contributed by atoms with Crippen LogP contribution in [0.3, 0.4) is 0 Å². The summed E-state index contributed by atoms with van der Waals surface area (Å²) in [5, 5.41) is 13.4. The van der Waals surface area contributed by atoms with Crippen molar-refractivity contribution < 1.29 is 5.11 Å². The highest BCUT2D eigenvalue weighted by Gasteiger charge is 2.22. The summed E-state index contributed by atoms with van der Waals surface area (Å²) >= 11 is 0. The third-order valence-corrected chi connectivity index (χ3v) is 2.94. The first kappa shape index (κ1) is 14.9. The van der Waals surface area contributed by atoms with Crippen LogP contribution in [0.15, 0.2) is 0 Å². The number of rotatable bonds is 9. The summed E-state index contributed by atoms with van der Waals surface area (Å²) in [6.07, 6.45) is 2.34. The van der Waals surface area contributed by atoms with Crippen LogP contribution in [-0.4, -0.2) is 48.3 Å². The fraction of sp³-hybridized carbons (Fsp3) is 1.00. The normalized spacial score (nSPS) is 18.4. The van der Waals surface area contributed by atoms with Crippen LogP contribution in [0.2, 0.25) is 0 Å². The Morgan fingerprint density at radius 2 is 1.59 bits per heavy atom. The van der Waals surface area contributed by atoms with Gasteiger partial charge in [-0.2, -0.15) is 0 Å². The number of hydrogen-bond acceptors (Lipinski definition) is 3. The lowest BCUT2D eigenvalue weighted by molar-refractivity contribution is 0.0973. The van der Waals surface area contributed by atoms with E-state index < -0.39 is 0 Å². The number of aliphatic hydroxyl groups is 1. The zero-order valence-corrected chi connectivity index (χ0v) is 11.9. The summed E-state index contributed by atoms with van der Waals surface area (Å²) in [5.74, 6) is 1.33. The molecule has 17 heavy (non-hydrogen) atoms. The molecular weight excluding hydrogens is 212 g/mol. The Hall–Kier alpha value is -0.120. The third-order valence-electron chi connectivity index (χ3n) is 2.94. The molecule has 0 heterocycles. The van der Waals surface area contributed by atoms with Crippen LogP contribution in [0.1, 0.15) is 40.5 Å². The Morgan fingerprint density at radius 1 is 1.06 bits per heavy atom. The molecule has 2 N–H and O–H groups in total. The lowest BCUT2D eigenvalue weighted by Gasteiger charge is -2.28. The molecule has 1 saturated carbocycles. The minimum absolute atomic E-state index is 0.229. The summed E-state index contributed by atoms with van der Waals surface area (Å²) < 4.78 is 0. The Labute approximate surface area is 107 Å². The van der Waals surface area contributed by atoms with Gasteiger partial charge in [-0.05, 0) is 24.7 Å². The first-order valence-corrected chi connectivity index (χ1v) is 7.11. The molecule has 1 atom stereocenters. The van der Waals surface area contributed by atoms with E-state index in [2.05, 4.69) is 37.9 Å². The van der Waals surface area contributed by atoms with Crippen LogP contribution in [-0.2, 0) is 0 Å². The van der Waals surface area contributed by atoms with Crippen LogP contribution >= 0.6 is 0 Å². The van der Waals surface area contributed by atoms with Gasteiger partial charge in [0.25, 0.3) is 0 Å². The lowest BCUT2D eigenvalue weighted by atomic mass is 10.1. The van der Waals surface area contributed by atoms with Gasteiger partial charge in [0.15, 0.2) is 0 Å². The average molecular weight is 242 g/mol. The second-order valence-corrected chi connectivity index (χ2v) is 6.34. The van der Waals surface area contributed by atoms with Crippen molar-refractivity contribution in [1.82, 2.24) is 10.2 Å². The second kappa shape index (κ2) is 7.34. The van der Waals surface area contributed by atoms with E-state index in [0.717, 1.165) is 26.2 Å². The Morgan fingerprint density at radius 3 is 2.00 bits per heavy atom. The molecule has 0 spiro atoms. The monoisotopic (exact) mass is 242 g/mol. The molecule has 1 rings (SSSR count). The molecule has 0 radical (unpaired) electrons. The highest BCUT2D eigenvalue weighted by Crippen LogP contribution is 2.18. The van der Waals surface area contributed by atoms with Crippen LogP contribution in [0, 0.1) is 11.8 Å². The van der Waals surface area contributed by atoms with Crippen molar-refractivity contribution in [2.24, 2.45) is 11.8 Å². The quantitative estimate of drug-likeness (QED) is 0.646. The van der Waals surface area contributed by atoms with E-state index in [1.54, 1.807) is 0 Å². The molecule has 1 aliphatic carbocycles. The van der Waals surface area contributed by atoms with Gasteiger partial charge < -0.3 is 15.3 Å². The lowest BCUT2D eigenvalue weighted by Crippen LogP contribution is -2.41. The van der Waals surface area contributed by atoms with Crippen LogP contribution < -0.4 is 5.32 Å². The molecule has 3 nitrogen and oxygen atoms in total. The van der Waals surface area contributed by atoms with E-state index in [9.17, 15) is 5.11 Å². The van der Waals surface area contributed by atoms with Crippen molar-refractivity contribution in [3.63, 3.8) is 0 Å². The Bertz CT molecular complexity index is 192. The minimum Gasteiger partial charge on any atom is -0.390 e. The molecule has 0 aromatic rings. The molecular formula is C14H30N2O. The molecule has 0 saturated heterocycles. The average Bonchev–Trinajstić information content (AvgIpc) is 2.95. The molecule has 1 fully saturated rings. The smallest absolute Gasteiger partial charge is 0.0791 e. The Balaban J connectivity index is 2.23. The predicted octanol–water partition coefficient (Wildman–Crippen LogP) is 1.71. The highest BCUT2D eigenvalue weighted by atomic mass is 16.3. The van der Waals surface area contributed by atoms with Gasteiger partial charge in [0.2, 0.25) is 0 Å². The molecule has 3 heteroatoms. The van der Waals surface area contributed by atoms with Crippen LogP contribution in [0.25, 0.3) is 0 Å². The maximum atomic E-state index is 10.0. The van der Waals surface area contributed by atoms with Gasteiger partial charge in [-0.3, -0.25) is 0 Å². The number of nitrogens with one attached hydrogen (secondary N) is 1. The highest BCUT2D eigenvalue weighted by molar-refractivity contribution is 4.82. The van der Waals surface area contributed by atoms with E-state index in [1.807, 2.05) is 0 Å². The number of aliphatic hydroxyl groups excluding tert-OH is 1. The van der Waals surface area contributed by atoms with Crippen molar-refractivity contribution in [2.75, 3.05) is 26.2 Å². The van der Waals surface area contributed by atoms with Gasteiger partial charge in [-0.1, -0.05) is 27.7 Å². The first-order chi connectivity index (χ1) is 7.97. The molecule has 0 aromatic carbocycles. The molecule has 0 amide bonds. The molecule has 102 valence electrons. The molecule has 1 aliphatic rings. The SMILES string of the molecule is CC(C)CN(CC(C)C)CC(O)CNC1CC1. The summed E-state index contributed by atoms with van der Waals surface area (Å²) in [6, 6.07) is 0.688. The molecule has 0 bridgehead atoms. The van der Waals surface area contributed by atoms with Crippen molar-refractivity contribution in [2.45, 2.75) is 52.7 Å². The van der Waals surface area contributed by atoms with E-state index in [0.29, 0.717) is 17.9 Å². The van der Waals surface area contributed by atoms with Crippen LogP contribution in [0.4, 0.5) is 0 Å². The van der Waals surface area contributed by atoms with Gasteiger partial charge in [0.1, 0.15) is 0 Å². The topological polar surface area (TPSA) is 35.5 Å². The van der Waals surface area contributed by atoms with Crippen LogP contribution in [0.5, 0.6) is 0 Å². The van der Waals surface area contributed by atoms with E-state index in [-0.39, 0.29) is 6.10 Å². The summed E-state index contributed by atoms with van der Waals surface area (Å²) in [4.78, 5) is 2.40. The maximum Gasteiger partial charge on any atom is 0.0791 e. The number of hydrogen-bond donors (Lipinski definition) is 2. The molecule has 1 unspecified atom stereocenters. The number of nitrogens with zero attached hydrogens (tertiary/aromatic N) is 1. The second-order valence-electron chi connectivity index (χ2n) is 6.34. The fourth-order valence-electron chi connectivity index (χ4n) is 2.21. The van der Waals surface area contributed by atoms with E-state index in [4.69, 9.17) is 0 Å². The standard InChI is InChI=1S/C14H30N2O/c1-11(2)8-16(9-12(3)4)10-14(17)7-15-13-5-6-13/h11-15,17H,5-10H2,1-4H3. The maximum absolute atomic E-state index is 10.0. The van der Waals surface area contributed by atoms with Crippen molar-refractivity contribution in [3.8, 4) is 0 Å². The van der Waals surface area contributed by atoms with Crippen molar-refractivity contribution in [3.05, 3.63) is 0 Å². The first-order valence-electron chi connectivity index (χ1n) is 7.11. The van der Waals surface area contributed by atoms with Gasteiger partial charge in [-0.25, -0.2) is 0 Å². The Kier molecular flexibility index (Phi) is 6.45. The van der Waals surface area contributed by atoms with E-state index in [1.165, 1.54) is 12.8 Å². The molecule has 0 aromatic heterocycles. The summed E-state index contributed by atoms with van der Waals surface area (Å²) in [6.45, 7) is 12.7. The molecule has 0 aliphatic heterocycles. The van der Waals surface area contributed by atoms with Crippen molar-refractivity contribution >= 4 is 0 Å². The zero-order chi connectivity index (χ0) is 12.8. The third kappa shape index (κ3) is 7.74. The van der Waals surface area contributed by atoms with E-state index >= 15 is 0 Å². The summed E-state index contributed by atoms with van der Waals surface area (Å²) in [5.41, 5.74) is 0. The zero-order valence-electron chi connectivity index (χ0n) is 11.9. The predicted molar refractivity (Wildman–Crippen MR) is 73.1 cm³/mol. The fourth-order valence-corrected chi connectivity index (χ4v) is 2.21.